The molecule has 1 aliphatic rings. The van der Waals surface area contributed by atoms with Crippen LogP contribution in [0.1, 0.15) is 51.3 Å². The van der Waals surface area contributed by atoms with Crippen LogP contribution in [-0.2, 0) is 15.6 Å². The molecule has 0 saturated heterocycles. The lowest BCUT2D eigenvalue weighted by Crippen LogP contribution is -2.46. The molecule has 1 fully saturated rings. The first kappa shape index (κ1) is 16.1. The smallest absolute Gasteiger partial charge is 0.236 e. The van der Waals surface area contributed by atoms with Gasteiger partial charge in [0.1, 0.15) is 5.82 Å². The lowest BCUT2D eigenvalue weighted by molar-refractivity contribution is -0.124. The average Bonchev–Trinajstić information content (AvgIpc) is 2.88. The summed E-state index contributed by atoms with van der Waals surface area (Å²) in [5.41, 5.74) is 1.28. The van der Waals surface area contributed by atoms with Gasteiger partial charge in [-0.2, -0.15) is 0 Å². The monoisotopic (exact) mass is 332 g/mol. The number of hydrogen-bond donors (Lipinski definition) is 1. The zero-order valence-electron chi connectivity index (χ0n) is 13.6. The van der Waals surface area contributed by atoms with Crippen molar-refractivity contribution in [1.29, 1.82) is 0 Å². The van der Waals surface area contributed by atoms with Gasteiger partial charge in [0.15, 0.2) is 5.13 Å². The van der Waals surface area contributed by atoms with E-state index in [1.54, 1.807) is 12.1 Å². The van der Waals surface area contributed by atoms with Crippen molar-refractivity contribution in [1.82, 2.24) is 4.98 Å². The number of aromatic nitrogens is 1. The second-order valence-corrected chi connectivity index (χ2v) is 8.04. The SMILES string of the molecule is CC(C)(C)c1csc(NC(=O)C2(c3ccc(F)cc3)CCC2)n1. The maximum absolute atomic E-state index is 13.2. The highest BCUT2D eigenvalue weighted by atomic mass is 32.1. The molecule has 1 saturated carbocycles. The van der Waals surface area contributed by atoms with Crippen molar-refractivity contribution < 1.29 is 9.18 Å². The van der Waals surface area contributed by atoms with Gasteiger partial charge in [-0.15, -0.1) is 11.3 Å². The van der Waals surface area contributed by atoms with E-state index in [1.807, 2.05) is 5.38 Å². The maximum Gasteiger partial charge on any atom is 0.236 e. The Kier molecular flexibility index (Phi) is 4.00. The van der Waals surface area contributed by atoms with Crippen molar-refractivity contribution in [3.63, 3.8) is 0 Å². The first-order chi connectivity index (χ1) is 10.8. The molecule has 1 heterocycles. The second kappa shape index (κ2) is 5.71. The van der Waals surface area contributed by atoms with Gasteiger partial charge in [0.05, 0.1) is 11.1 Å². The number of carbonyl (C=O) groups excluding carboxylic acids is 1. The Morgan fingerprint density at radius 2 is 1.91 bits per heavy atom. The molecule has 1 aliphatic carbocycles. The van der Waals surface area contributed by atoms with Crippen LogP contribution in [0, 0.1) is 5.82 Å². The number of rotatable bonds is 3. The first-order valence-corrected chi connectivity index (χ1v) is 8.73. The van der Waals surface area contributed by atoms with Crippen LogP contribution in [-0.4, -0.2) is 10.9 Å². The van der Waals surface area contributed by atoms with Crippen LogP contribution in [0.3, 0.4) is 0 Å². The molecule has 0 spiro atoms. The van der Waals surface area contributed by atoms with E-state index in [-0.39, 0.29) is 17.1 Å². The van der Waals surface area contributed by atoms with E-state index in [1.165, 1.54) is 23.5 Å². The molecule has 0 unspecified atom stereocenters. The van der Waals surface area contributed by atoms with E-state index in [4.69, 9.17) is 0 Å². The Bertz CT molecular complexity index is 711. The summed E-state index contributed by atoms with van der Waals surface area (Å²) in [4.78, 5) is 17.4. The van der Waals surface area contributed by atoms with Gasteiger partial charge in [-0.05, 0) is 30.5 Å². The minimum absolute atomic E-state index is 0.0369. The summed E-state index contributed by atoms with van der Waals surface area (Å²) in [6.45, 7) is 6.29. The molecule has 0 aliphatic heterocycles. The largest absolute Gasteiger partial charge is 0.301 e. The van der Waals surface area contributed by atoms with Crippen LogP contribution >= 0.6 is 11.3 Å². The molecule has 122 valence electrons. The summed E-state index contributed by atoms with van der Waals surface area (Å²) in [6, 6.07) is 6.28. The summed E-state index contributed by atoms with van der Waals surface area (Å²) in [5, 5.41) is 5.58. The van der Waals surface area contributed by atoms with E-state index < -0.39 is 5.41 Å². The molecule has 2 aromatic rings. The predicted octanol–water partition coefficient (Wildman–Crippen LogP) is 4.64. The summed E-state index contributed by atoms with van der Waals surface area (Å²) in [7, 11) is 0. The van der Waals surface area contributed by atoms with Crippen molar-refractivity contribution in [3.8, 4) is 0 Å². The lowest BCUT2D eigenvalue weighted by Gasteiger charge is -2.40. The van der Waals surface area contributed by atoms with Gasteiger partial charge in [0, 0.05) is 10.8 Å². The third-order valence-corrected chi connectivity index (χ3v) is 5.29. The van der Waals surface area contributed by atoms with Crippen molar-refractivity contribution in [2.45, 2.75) is 50.9 Å². The van der Waals surface area contributed by atoms with Gasteiger partial charge in [-0.3, -0.25) is 4.79 Å². The molecule has 0 bridgehead atoms. The van der Waals surface area contributed by atoms with Gasteiger partial charge >= 0.3 is 0 Å². The van der Waals surface area contributed by atoms with Gasteiger partial charge in [-0.25, -0.2) is 9.37 Å². The Morgan fingerprint density at radius 1 is 1.26 bits per heavy atom. The molecule has 1 aromatic heterocycles. The van der Waals surface area contributed by atoms with E-state index in [9.17, 15) is 9.18 Å². The highest BCUT2D eigenvalue weighted by Gasteiger charge is 2.45. The topological polar surface area (TPSA) is 42.0 Å². The van der Waals surface area contributed by atoms with E-state index in [0.717, 1.165) is 30.5 Å². The molecule has 23 heavy (non-hydrogen) atoms. The number of thiazole rings is 1. The molecule has 1 N–H and O–H groups in total. The highest BCUT2D eigenvalue weighted by molar-refractivity contribution is 7.14. The van der Waals surface area contributed by atoms with Gasteiger partial charge in [0.25, 0.3) is 0 Å². The first-order valence-electron chi connectivity index (χ1n) is 7.85. The fourth-order valence-corrected chi connectivity index (χ4v) is 3.77. The molecule has 0 atom stereocenters. The zero-order valence-corrected chi connectivity index (χ0v) is 14.5. The van der Waals surface area contributed by atoms with Gasteiger partial charge < -0.3 is 5.32 Å². The molecular formula is C18H21FN2OS. The van der Waals surface area contributed by atoms with Gasteiger partial charge in [-0.1, -0.05) is 39.3 Å². The Balaban J connectivity index is 1.81. The van der Waals surface area contributed by atoms with E-state index in [0.29, 0.717) is 5.13 Å². The second-order valence-electron chi connectivity index (χ2n) is 7.18. The zero-order chi connectivity index (χ0) is 16.7. The van der Waals surface area contributed by atoms with E-state index in [2.05, 4.69) is 31.1 Å². The fourth-order valence-electron chi connectivity index (χ4n) is 2.84. The predicted molar refractivity (Wildman–Crippen MR) is 91.4 cm³/mol. The molecule has 3 rings (SSSR count). The summed E-state index contributed by atoms with van der Waals surface area (Å²) >= 11 is 1.45. The van der Waals surface area contributed by atoms with Crippen LogP contribution in [0.5, 0.6) is 0 Å². The van der Waals surface area contributed by atoms with Crippen LogP contribution in [0.15, 0.2) is 29.6 Å². The number of hydrogen-bond acceptors (Lipinski definition) is 3. The van der Waals surface area contributed by atoms with Gasteiger partial charge in [0.2, 0.25) is 5.91 Å². The van der Waals surface area contributed by atoms with E-state index >= 15 is 0 Å². The third kappa shape index (κ3) is 3.02. The lowest BCUT2D eigenvalue weighted by atomic mass is 9.64. The number of anilines is 1. The summed E-state index contributed by atoms with van der Waals surface area (Å²) < 4.78 is 13.2. The molecule has 5 heteroatoms. The van der Waals surface area contributed by atoms with Crippen molar-refractivity contribution >= 4 is 22.4 Å². The number of nitrogens with zero attached hydrogens (tertiary/aromatic N) is 1. The number of halogens is 1. The van der Waals surface area contributed by atoms with Crippen LogP contribution in [0.2, 0.25) is 0 Å². The summed E-state index contributed by atoms with van der Waals surface area (Å²) in [6.07, 6.45) is 2.60. The Labute approximate surface area is 140 Å². The quantitative estimate of drug-likeness (QED) is 0.889. The standard InChI is InChI=1S/C18H21FN2OS/c1-17(2,3)14-11-23-16(20-14)21-15(22)18(9-4-10-18)12-5-7-13(19)8-6-12/h5-8,11H,4,9-10H2,1-3H3,(H,20,21,22). The molecular weight excluding hydrogens is 311 g/mol. The normalized spacial score (nSPS) is 16.7. The highest BCUT2D eigenvalue weighted by Crippen LogP contribution is 2.44. The summed E-state index contributed by atoms with van der Waals surface area (Å²) in [5.74, 6) is -0.316. The number of carbonyl (C=O) groups is 1. The third-order valence-electron chi connectivity index (χ3n) is 4.53. The van der Waals surface area contributed by atoms with Crippen LogP contribution in [0.25, 0.3) is 0 Å². The van der Waals surface area contributed by atoms with Crippen LogP contribution in [0.4, 0.5) is 9.52 Å². The maximum atomic E-state index is 13.2. The number of amides is 1. The number of benzene rings is 1. The minimum atomic E-state index is -0.540. The van der Waals surface area contributed by atoms with Crippen molar-refractivity contribution in [2.75, 3.05) is 5.32 Å². The molecule has 1 amide bonds. The number of nitrogens with one attached hydrogen (secondary N) is 1. The molecule has 3 nitrogen and oxygen atoms in total. The average molecular weight is 332 g/mol. The fraction of sp³-hybridized carbons (Fsp3) is 0.444. The van der Waals surface area contributed by atoms with Crippen molar-refractivity contribution in [3.05, 3.63) is 46.7 Å². The Hall–Kier alpha value is -1.75. The molecule has 0 radical (unpaired) electrons. The minimum Gasteiger partial charge on any atom is -0.301 e. The van der Waals surface area contributed by atoms with Crippen molar-refractivity contribution in [2.24, 2.45) is 0 Å². The van der Waals surface area contributed by atoms with Crippen LogP contribution < -0.4 is 5.32 Å². The Morgan fingerprint density at radius 3 is 2.39 bits per heavy atom. The molecule has 1 aromatic carbocycles.